The summed E-state index contributed by atoms with van der Waals surface area (Å²) in [4.78, 5) is 17.3. The third-order valence-electron chi connectivity index (χ3n) is 5.94. The van der Waals surface area contributed by atoms with Crippen LogP contribution in [0.2, 0.25) is 5.02 Å². The number of pyridine rings is 1. The molecule has 1 aliphatic heterocycles. The predicted molar refractivity (Wildman–Crippen MR) is 135 cm³/mol. The molecule has 0 radical (unpaired) electrons. The van der Waals surface area contributed by atoms with Crippen molar-refractivity contribution in [2.24, 2.45) is 0 Å². The molecule has 1 atom stereocenters. The molecule has 0 amide bonds. The SMILES string of the molecule is Cc1nc(-c2ccc(Cl)cc2)c(C)c(-c2ccc3c(c2)CCCO3)c1[C@H](OC(C)(C)C)C(=O)O. The van der Waals surface area contributed by atoms with Gasteiger partial charge in [0.05, 0.1) is 17.9 Å². The molecule has 0 unspecified atom stereocenters. The summed E-state index contributed by atoms with van der Waals surface area (Å²) in [7, 11) is 0. The van der Waals surface area contributed by atoms with Crippen LogP contribution in [0.5, 0.6) is 5.75 Å². The molecule has 0 spiro atoms. The molecular formula is C28H30ClNO4. The number of ether oxygens (including phenoxy) is 2. The number of hydrogen-bond donors (Lipinski definition) is 1. The topological polar surface area (TPSA) is 68.7 Å². The number of aryl methyl sites for hydroxylation is 2. The van der Waals surface area contributed by atoms with Crippen molar-refractivity contribution in [1.29, 1.82) is 0 Å². The van der Waals surface area contributed by atoms with Crippen LogP contribution in [0.3, 0.4) is 0 Å². The highest BCUT2D eigenvalue weighted by molar-refractivity contribution is 6.30. The molecule has 4 rings (SSSR count). The van der Waals surface area contributed by atoms with E-state index in [1.165, 1.54) is 0 Å². The number of nitrogens with zero attached hydrogens (tertiary/aromatic N) is 1. The van der Waals surface area contributed by atoms with E-state index in [0.29, 0.717) is 22.9 Å². The van der Waals surface area contributed by atoms with E-state index in [0.717, 1.165) is 52.1 Å². The fraction of sp³-hybridized carbons (Fsp3) is 0.357. The van der Waals surface area contributed by atoms with Crippen molar-refractivity contribution in [3.05, 3.63) is 69.9 Å². The van der Waals surface area contributed by atoms with Gasteiger partial charge in [-0.1, -0.05) is 29.8 Å². The van der Waals surface area contributed by atoms with Gasteiger partial charge in [0.1, 0.15) is 5.75 Å². The molecule has 0 bridgehead atoms. The number of aromatic nitrogens is 1. The molecule has 0 saturated heterocycles. The normalized spacial score (nSPS) is 14.3. The highest BCUT2D eigenvalue weighted by Gasteiger charge is 2.33. The Morgan fingerprint density at radius 2 is 1.79 bits per heavy atom. The minimum absolute atomic E-state index is 0.578. The van der Waals surface area contributed by atoms with Crippen LogP contribution in [0.1, 0.15) is 55.7 Å². The first-order chi connectivity index (χ1) is 16.0. The van der Waals surface area contributed by atoms with Crippen molar-refractivity contribution < 1.29 is 19.4 Å². The van der Waals surface area contributed by atoms with E-state index in [2.05, 4.69) is 6.07 Å². The van der Waals surface area contributed by atoms with Gasteiger partial charge < -0.3 is 14.6 Å². The van der Waals surface area contributed by atoms with Crippen molar-refractivity contribution in [2.45, 2.75) is 59.2 Å². The van der Waals surface area contributed by atoms with Gasteiger partial charge >= 0.3 is 5.97 Å². The number of hydrogen-bond acceptors (Lipinski definition) is 4. The summed E-state index contributed by atoms with van der Waals surface area (Å²) < 4.78 is 11.9. The van der Waals surface area contributed by atoms with Crippen LogP contribution in [-0.4, -0.2) is 28.3 Å². The lowest BCUT2D eigenvalue weighted by molar-refractivity contribution is -0.160. The van der Waals surface area contributed by atoms with Crippen molar-refractivity contribution >= 4 is 17.6 Å². The Kier molecular flexibility index (Phi) is 6.70. The maximum Gasteiger partial charge on any atom is 0.337 e. The van der Waals surface area contributed by atoms with Crippen LogP contribution >= 0.6 is 11.6 Å². The maximum atomic E-state index is 12.5. The Bertz CT molecular complexity index is 1230. The van der Waals surface area contributed by atoms with Gasteiger partial charge in [-0.2, -0.15) is 0 Å². The molecule has 2 aromatic carbocycles. The van der Waals surface area contributed by atoms with Crippen LogP contribution in [0, 0.1) is 13.8 Å². The summed E-state index contributed by atoms with van der Waals surface area (Å²) in [6, 6.07) is 13.6. The minimum Gasteiger partial charge on any atom is -0.493 e. The molecule has 0 fully saturated rings. The molecule has 0 saturated carbocycles. The Morgan fingerprint density at radius 1 is 1.12 bits per heavy atom. The summed E-state index contributed by atoms with van der Waals surface area (Å²) in [6.07, 6.45) is 0.721. The molecule has 34 heavy (non-hydrogen) atoms. The lowest BCUT2D eigenvalue weighted by atomic mass is 9.87. The number of carbonyl (C=O) groups is 1. The zero-order chi connectivity index (χ0) is 24.6. The Hall–Kier alpha value is -2.89. The highest BCUT2D eigenvalue weighted by Crippen LogP contribution is 2.42. The third kappa shape index (κ3) is 4.96. The summed E-state index contributed by atoms with van der Waals surface area (Å²) >= 11 is 6.11. The lowest BCUT2D eigenvalue weighted by Gasteiger charge is -2.29. The number of benzene rings is 2. The molecule has 1 aromatic heterocycles. The largest absolute Gasteiger partial charge is 0.493 e. The average molecular weight is 480 g/mol. The summed E-state index contributed by atoms with van der Waals surface area (Å²) in [5.74, 6) is -0.153. The van der Waals surface area contributed by atoms with Crippen molar-refractivity contribution in [3.63, 3.8) is 0 Å². The van der Waals surface area contributed by atoms with Crippen LogP contribution in [0.15, 0.2) is 42.5 Å². The smallest absolute Gasteiger partial charge is 0.337 e. The third-order valence-corrected chi connectivity index (χ3v) is 6.19. The molecule has 1 aliphatic rings. The van der Waals surface area contributed by atoms with Gasteiger partial charge in [0.25, 0.3) is 0 Å². The van der Waals surface area contributed by atoms with Gasteiger partial charge in [-0.25, -0.2) is 4.79 Å². The minimum atomic E-state index is -1.16. The second-order valence-electron chi connectivity index (χ2n) is 9.69. The van der Waals surface area contributed by atoms with E-state index in [4.69, 9.17) is 26.1 Å². The molecule has 1 N–H and O–H groups in total. The van der Waals surface area contributed by atoms with Crippen LogP contribution in [-0.2, 0) is 16.0 Å². The Morgan fingerprint density at radius 3 is 2.44 bits per heavy atom. The highest BCUT2D eigenvalue weighted by atomic mass is 35.5. The molecule has 6 heteroatoms. The van der Waals surface area contributed by atoms with E-state index in [9.17, 15) is 9.90 Å². The van der Waals surface area contributed by atoms with Crippen LogP contribution in [0.25, 0.3) is 22.4 Å². The van der Waals surface area contributed by atoms with Gasteiger partial charge in [0, 0.05) is 21.8 Å². The first-order valence-corrected chi connectivity index (χ1v) is 11.9. The zero-order valence-corrected chi connectivity index (χ0v) is 21.0. The molecular weight excluding hydrogens is 450 g/mol. The lowest BCUT2D eigenvalue weighted by Crippen LogP contribution is -2.28. The van der Waals surface area contributed by atoms with E-state index in [-0.39, 0.29) is 0 Å². The average Bonchev–Trinajstić information content (AvgIpc) is 2.78. The summed E-state index contributed by atoms with van der Waals surface area (Å²) in [5.41, 5.74) is 6.04. The van der Waals surface area contributed by atoms with E-state index in [1.54, 1.807) is 0 Å². The van der Waals surface area contributed by atoms with Crippen molar-refractivity contribution in [3.8, 4) is 28.1 Å². The van der Waals surface area contributed by atoms with Crippen LogP contribution in [0.4, 0.5) is 0 Å². The summed E-state index contributed by atoms with van der Waals surface area (Å²) in [5, 5.41) is 10.8. The van der Waals surface area contributed by atoms with Gasteiger partial charge in [-0.3, -0.25) is 4.98 Å². The first kappa shape index (κ1) is 24.2. The van der Waals surface area contributed by atoms with E-state index in [1.807, 2.05) is 71.0 Å². The van der Waals surface area contributed by atoms with Crippen LogP contribution < -0.4 is 4.74 Å². The second kappa shape index (κ2) is 9.40. The number of aliphatic carboxylic acids is 1. The first-order valence-electron chi connectivity index (χ1n) is 11.5. The molecule has 0 aliphatic carbocycles. The zero-order valence-electron chi connectivity index (χ0n) is 20.2. The predicted octanol–water partition coefficient (Wildman–Crippen LogP) is 6.95. The molecule has 2 heterocycles. The molecule has 5 nitrogen and oxygen atoms in total. The summed E-state index contributed by atoms with van der Waals surface area (Å²) in [6.45, 7) is 10.1. The number of rotatable bonds is 5. The Balaban J connectivity index is 2.00. The monoisotopic (exact) mass is 479 g/mol. The standard InChI is InChI=1S/C28H30ClNO4/c1-16-23(20-10-13-22-19(15-20)7-6-14-33-22)24(26(27(31)32)34-28(3,4)5)17(2)30-25(16)18-8-11-21(29)12-9-18/h8-13,15,26H,6-7,14H2,1-5H3,(H,31,32)/t26-/m0/s1. The fourth-order valence-corrected chi connectivity index (χ4v) is 4.62. The maximum absolute atomic E-state index is 12.5. The van der Waals surface area contributed by atoms with Crippen molar-refractivity contribution in [2.75, 3.05) is 6.61 Å². The van der Waals surface area contributed by atoms with Gasteiger partial charge in [0.15, 0.2) is 6.10 Å². The van der Waals surface area contributed by atoms with Crippen molar-refractivity contribution in [1.82, 2.24) is 4.98 Å². The second-order valence-corrected chi connectivity index (χ2v) is 10.1. The van der Waals surface area contributed by atoms with E-state index < -0.39 is 17.7 Å². The number of carboxylic acids is 1. The fourth-order valence-electron chi connectivity index (χ4n) is 4.50. The Labute approximate surface area is 205 Å². The quantitative estimate of drug-likeness (QED) is 0.428. The van der Waals surface area contributed by atoms with E-state index >= 15 is 0 Å². The number of carboxylic acid groups (broad SMARTS) is 1. The number of fused-ring (bicyclic) bond motifs is 1. The number of halogens is 1. The van der Waals surface area contributed by atoms with Gasteiger partial charge in [-0.05, 0) is 94.0 Å². The van der Waals surface area contributed by atoms with Gasteiger partial charge in [-0.15, -0.1) is 0 Å². The molecule has 3 aromatic rings. The molecule has 178 valence electrons. The van der Waals surface area contributed by atoms with Gasteiger partial charge in [0.2, 0.25) is 0 Å².